The van der Waals surface area contributed by atoms with Crippen molar-refractivity contribution in [2.45, 2.75) is 55.1 Å². The summed E-state index contributed by atoms with van der Waals surface area (Å²) in [5.41, 5.74) is 0.805. The second-order valence-corrected chi connectivity index (χ2v) is 9.78. The summed E-state index contributed by atoms with van der Waals surface area (Å²) in [6.45, 7) is 2.42. The van der Waals surface area contributed by atoms with E-state index in [0.717, 1.165) is 11.1 Å². The fourth-order valence-electron chi connectivity index (χ4n) is 4.46. The van der Waals surface area contributed by atoms with Crippen LogP contribution in [-0.4, -0.2) is 41.9 Å². The molecule has 0 spiro atoms. The minimum Gasteiger partial charge on any atom is -0.461 e. The molecule has 0 aliphatic carbocycles. The lowest BCUT2D eigenvalue weighted by Gasteiger charge is -2.39. The number of hydrogen-bond acceptors (Lipinski definition) is 6. The van der Waals surface area contributed by atoms with Crippen LogP contribution in [0.3, 0.4) is 0 Å². The number of carbonyl (C=O) groups excluding carboxylic acids is 2. The van der Waals surface area contributed by atoms with Gasteiger partial charge in [-0.15, -0.1) is 0 Å². The van der Waals surface area contributed by atoms with Crippen LogP contribution in [0.25, 0.3) is 0 Å². The Hall–Kier alpha value is -2.25. The lowest BCUT2D eigenvalue weighted by atomic mass is 9.78. The van der Waals surface area contributed by atoms with E-state index in [-0.39, 0.29) is 36.1 Å². The number of hydrogen-bond donors (Lipinski definition) is 0. The molecule has 2 aliphatic rings. The zero-order chi connectivity index (χ0) is 21.8. The van der Waals surface area contributed by atoms with Gasteiger partial charge in [0.1, 0.15) is 21.1 Å². The number of benzene rings is 2. The predicted molar refractivity (Wildman–Crippen MR) is 119 cm³/mol. The van der Waals surface area contributed by atoms with Crippen LogP contribution in [0.5, 0.6) is 0 Å². The molecule has 5 nitrogen and oxygen atoms in total. The second-order valence-electron chi connectivity index (χ2n) is 8.16. The maximum Gasteiger partial charge on any atom is 0.313 e. The molecule has 5 atom stereocenters. The van der Waals surface area contributed by atoms with Crippen molar-refractivity contribution in [1.82, 2.24) is 0 Å². The van der Waals surface area contributed by atoms with Crippen molar-refractivity contribution >= 4 is 31.5 Å². The van der Waals surface area contributed by atoms with Crippen LogP contribution in [0, 0.1) is 5.92 Å². The molecule has 0 amide bonds. The first kappa shape index (κ1) is 22.0. The Kier molecular flexibility index (Phi) is 6.72. The Balaban J connectivity index is 1.46. The van der Waals surface area contributed by atoms with Crippen molar-refractivity contribution in [3.63, 3.8) is 0 Å². The summed E-state index contributed by atoms with van der Waals surface area (Å²) in [5, 5.41) is -0.0485. The molecule has 0 saturated carbocycles. The highest BCUT2D eigenvalue weighted by molar-refractivity contribution is 8.00. The molecule has 2 fully saturated rings. The van der Waals surface area contributed by atoms with Crippen molar-refractivity contribution in [2.75, 3.05) is 0 Å². The van der Waals surface area contributed by atoms with Gasteiger partial charge in [0.15, 0.2) is 0 Å². The first-order valence-corrected chi connectivity index (χ1v) is 11.4. The summed E-state index contributed by atoms with van der Waals surface area (Å²) in [7, 11) is 6.24. The van der Waals surface area contributed by atoms with Crippen molar-refractivity contribution in [3.05, 3.63) is 71.8 Å². The summed E-state index contributed by atoms with van der Waals surface area (Å²) < 4.78 is 17.2. The fourth-order valence-corrected chi connectivity index (χ4v) is 6.10. The molecule has 4 rings (SSSR count). The third kappa shape index (κ3) is 4.99. The zero-order valence-electron chi connectivity index (χ0n) is 17.4. The zero-order valence-corrected chi connectivity index (χ0v) is 18.3. The van der Waals surface area contributed by atoms with E-state index in [4.69, 9.17) is 22.1 Å². The second kappa shape index (κ2) is 9.49. The molecule has 2 unspecified atom stereocenters. The molecule has 2 aromatic rings. The standard InChI is InChI=1S/C24H25BO5S/c1-16-12-24(13-19(26)28-14-17-8-4-2-5-9-17)20(21(31-16)22(25)30-24)23(27)29-15-18-10-6-3-7-11-18/h2-11,16,20-22H,12-15H2,1H3/t16-,20?,21?,22+,24+/m0/s1. The topological polar surface area (TPSA) is 61.8 Å². The van der Waals surface area contributed by atoms with E-state index in [1.165, 1.54) is 0 Å². The normalized spacial score (nSPS) is 29.3. The quantitative estimate of drug-likeness (QED) is 0.488. The van der Waals surface area contributed by atoms with E-state index < -0.39 is 23.5 Å². The molecule has 7 heteroatoms. The summed E-state index contributed by atoms with van der Waals surface area (Å²) in [5.74, 6) is -1.40. The molecule has 160 valence electrons. The third-order valence-corrected chi connectivity index (χ3v) is 7.26. The van der Waals surface area contributed by atoms with Crippen molar-refractivity contribution < 1.29 is 23.8 Å². The highest BCUT2D eigenvalue weighted by Gasteiger charge is 2.61. The molecule has 0 aromatic heterocycles. The van der Waals surface area contributed by atoms with Gasteiger partial charge in [-0.25, -0.2) is 0 Å². The first-order chi connectivity index (χ1) is 15.0. The summed E-state index contributed by atoms with van der Waals surface area (Å²) >= 11 is 1.63. The molecule has 2 saturated heterocycles. The van der Waals surface area contributed by atoms with Gasteiger partial charge >= 0.3 is 11.9 Å². The molecule has 2 radical (unpaired) electrons. The monoisotopic (exact) mass is 436 g/mol. The van der Waals surface area contributed by atoms with Crippen LogP contribution in [0.4, 0.5) is 0 Å². The first-order valence-electron chi connectivity index (χ1n) is 10.5. The Labute approximate surface area is 188 Å². The average Bonchev–Trinajstić information content (AvgIpc) is 2.94. The molecule has 31 heavy (non-hydrogen) atoms. The number of ether oxygens (including phenoxy) is 3. The van der Waals surface area contributed by atoms with Gasteiger partial charge in [-0.2, -0.15) is 11.8 Å². The van der Waals surface area contributed by atoms with E-state index >= 15 is 0 Å². The van der Waals surface area contributed by atoms with Gasteiger partial charge in [-0.3, -0.25) is 9.59 Å². The number of fused-ring (bicyclic) bond motifs is 2. The van der Waals surface area contributed by atoms with E-state index in [9.17, 15) is 9.59 Å². The molecule has 2 aromatic carbocycles. The van der Waals surface area contributed by atoms with Crippen LogP contribution in [0.15, 0.2) is 60.7 Å². The van der Waals surface area contributed by atoms with Crippen molar-refractivity contribution in [2.24, 2.45) is 5.92 Å². The van der Waals surface area contributed by atoms with Crippen LogP contribution in [-0.2, 0) is 37.0 Å². The van der Waals surface area contributed by atoms with Crippen LogP contribution in [0.1, 0.15) is 30.9 Å². The number of thioether (sulfide) groups is 1. The maximum atomic E-state index is 13.1. The van der Waals surface area contributed by atoms with E-state index in [1.54, 1.807) is 11.8 Å². The van der Waals surface area contributed by atoms with Crippen LogP contribution in [0.2, 0.25) is 0 Å². The Bertz CT molecular complexity index is 905. The number of esters is 2. The lowest BCUT2D eigenvalue weighted by Crippen LogP contribution is -2.49. The third-order valence-electron chi connectivity index (χ3n) is 5.78. The molecular formula is C24H25BO5S. The molecular weight excluding hydrogens is 411 g/mol. The summed E-state index contributed by atoms with van der Waals surface area (Å²) in [6, 6.07) is 18.4. The highest BCUT2D eigenvalue weighted by atomic mass is 32.2. The van der Waals surface area contributed by atoms with Gasteiger partial charge in [-0.1, -0.05) is 67.6 Å². The minimum absolute atomic E-state index is 0.0277. The van der Waals surface area contributed by atoms with E-state index in [1.807, 2.05) is 60.7 Å². The summed E-state index contributed by atoms with van der Waals surface area (Å²) in [6.07, 6.45) is 0.507. The SMILES string of the molecule is [B][C@@H]1O[C@@]2(CC(=O)OCc3ccccc3)C[C@H](C)SC1C2C(=O)OCc1ccccc1. The van der Waals surface area contributed by atoms with Gasteiger partial charge in [0.2, 0.25) is 0 Å². The Morgan fingerprint density at radius 3 is 2.23 bits per heavy atom. The molecule has 0 N–H and O–H groups in total. The molecule has 2 bridgehead atoms. The molecule has 2 heterocycles. The Morgan fingerprint density at radius 1 is 1.03 bits per heavy atom. The largest absolute Gasteiger partial charge is 0.461 e. The van der Waals surface area contributed by atoms with Gasteiger partial charge in [-0.05, 0) is 17.5 Å². The van der Waals surface area contributed by atoms with Gasteiger partial charge < -0.3 is 14.2 Å². The maximum absolute atomic E-state index is 13.1. The van der Waals surface area contributed by atoms with E-state index in [0.29, 0.717) is 6.42 Å². The van der Waals surface area contributed by atoms with Crippen LogP contribution < -0.4 is 0 Å². The number of carbonyl (C=O) groups is 2. The van der Waals surface area contributed by atoms with Crippen LogP contribution >= 0.6 is 11.8 Å². The fraction of sp³-hybridized carbons (Fsp3) is 0.417. The number of rotatable bonds is 7. The Morgan fingerprint density at radius 2 is 1.61 bits per heavy atom. The minimum atomic E-state index is -1.00. The lowest BCUT2D eigenvalue weighted by molar-refractivity contribution is -0.164. The van der Waals surface area contributed by atoms with Crippen molar-refractivity contribution in [3.8, 4) is 0 Å². The summed E-state index contributed by atoms with van der Waals surface area (Å²) in [4.78, 5) is 25.9. The van der Waals surface area contributed by atoms with Gasteiger partial charge in [0.25, 0.3) is 0 Å². The molecule has 2 aliphatic heterocycles. The van der Waals surface area contributed by atoms with Crippen molar-refractivity contribution in [1.29, 1.82) is 0 Å². The van der Waals surface area contributed by atoms with Gasteiger partial charge in [0, 0.05) is 16.5 Å². The van der Waals surface area contributed by atoms with E-state index in [2.05, 4.69) is 6.92 Å². The smallest absolute Gasteiger partial charge is 0.313 e. The highest BCUT2D eigenvalue weighted by Crippen LogP contribution is 2.54. The average molecular weight is 436 g/mol. The van der Waals surface area contributed by atoms with Gasteiger partial charge in [0.05, 0.1) is 17.9 Å². The predicted octanol–water partition coefficient (Wildman–Crippen LogP) is 3.64.